The zero-order chi connectivity index (χ0) is 15.8. The molecule has 0 fully saturated rings. The van der Waals surface area contributed by atoms with E-state index in [1.807, 2.05) is 68.4 Å². The van der Waals surface area contributed by atoms with Gasteiger partial charge in [0.1, 0.15) is 11.5 Å². The molecular formula is C18H20N2O2. The van der Waals surface area contributed by atoms with E-state index >= 15 is 0 Å². The second kappa shape index (κ2) is 7.98. The van der Waals surface area contributed by atoms with E-state index in [9.17, 15) is 4.79 Å². The summed E-state index contributed by atoms with van der Waals surface area (Å²) in [6.07, 6.45) is 2.09. The van der Waals surface area contributed by atoms with Gasteiger partial charge in [-0.2, -0.15) is 5.10 Å². The molecule has 114 valence electrons. The van der Waals surface area contributed by atoms with Gasteiger partial charge < -0.3 is 4.74 Å². The first-order chi connectivity index (χ1) is 10.6. The predicted octanol–water partition coefficient (Wildman–Crippen LogP) is 3.98. The van der Waals surface area contributed by atoms with Crippen molar-refractivity contribution in [2.24, 2.45) is 11.0 Å². The Balaban J connectivity index is 1.88. The van der Waals surface area contributed by atoms with Crippen molar-refractivity contribution in [3.8, 4) is 11.5 Å². The molecular weight excluding hydrogens is 276 g/mol. The first kappa shape index (κ1) is 15.8. The van der Waals surface area contributed by atoms with Crippen LogP contribution in [0.25, 0.3) is 0 Å². The monoisotopic (exact) mass is 296 g/mol. The van der Waals surface area contributed by atoms with Crippen molar-refractivity contribution in [3.05, 3.63) is 60.2 Å². The number of hydrogen-bond donors (Lipinski definition) is 1. The third-order valence-electron chi connectivity index (χ3n) is 2.86. The number of hydrogen-bond acceptors (Lipinski definition) is 3. The van der Waals surface area contributed by atoms with E-state index in [4.69, 9.17) is 4.74 Å². The van der Waals surface area contributed by atoms with Gasteiger partial charge in [0.25, 0.3) is 0 Å². The van der Waals surface area contributed by atoms with Crippen LogP contribution < -0.4 is 10.2 Å². The van der Waals surface area contributed by atoms with Crippen LogP contribution >= 0.6 is 0 Å². The Morgan fingerprint density at radius 3 is 2.36 bits per heavy atom. The van der Waals surface area contributed by atoms with Gasteiger partial charge >= 0.3 is 0 Å². The summed E-state index contributed by atoms with van der Waals surface area (Å²) in [6, 6.07) is 17.1. The number of rotatable bonds is 6. The summed E-state index contributed by atoms with van der Waals surface area (Å²) < 4.78 is 5.71. The lowest BCUT2D eigenvalue weighted by atomic mass is 10.1. The molecule has 0 saturated carbocycles. The Morgan fingerprint density at radius 1 is 1.09 bits per heavy atom. The Labute approximate surface area is 130 Å². The van der Waals surface area contributed by atoms with Gasteiger partial charge in [0.2, 0.25) is 5.91 Å². The molecule has 0 radical (unpaired) electrons. The van der Waals surface area contributed by atoms with Crippen LogP contribution in [0.3, 0.4) is 0 Å². The smallest absolute Gasteiger partial charge is 0.240 e. The second-order valence-corrected chi connectivity index (χ2v) is 5.38. The van der Waals surface area contributed by atoms with Crippen molar-refractivity contribution in [1.82, 2.24) is 5.43 Å². The minimum Gasteiger partial charge on any atom is -0.457 e. The molecule has 1 N–H and O–H groups in total. The number of carbonyl (C=O) groups is 1. The Bertz CT molecular complexity index is 619. The minimum absolute atomic E-state index is 0.0738. The number of benzene rings is 2. The summed E-state index contributed by atoms with van der Waals surface area (Å²) >= 11 is 0. The van der Waals surface area contributed by atoms with Crippen LogP contribution in [0.1, 0.15) is 25.8 Å². The lowest BCUT2D eigenvalue weighted by molar-refractivity contribution is -0.121. The highest BCUT2D eigenvalue weighted by molar-refractivity contribution is 5.82. The fourth-order valence-corrected chi connectivity index (χ4v) is 1.84. The normalized spacial score (nSPS) is 10.9. The number of amides is 1. The largest absolute Gasteiger partial charge is 0.457 e. The van der Waals surface area contributed by atoms with Crippen LogP contribution in [0.15, 0.2) is 59.7 Å². The van der Waals surface area contributed by atoms with Crippen LogP contribution in [0.5, 0.6) is 11.5 Å². The van der Waals surface area contributed by atoms with Crippen LogP contribution in [-0.4, -0.2) is 12.1 Å². The highest BCUT2D eigenvalue weighted by atomic mass is 16.5. The molecule has 0 heterocycles. The molecule has 0 unspecified atom stereocenters. The number of nitrogens with one attached hydrogen (secondary N) is 1. The Hall–Kier alpha value is -2.62. The molecule has 0 saturated heterocycles. The van der Waals surface area contributed by atoms with E-state index in [2.05, 4.69) is 10.5 Å². The van der Waals surface area contributed by atoms with Gasteiger partial charge in [0.15, 0.2) is 0 Å². The fraction of sp³-hybridized carbons (Fsp3) is 0.222. The molecule has 0 spiro atoms. The third-order valence-corrected chi connectivity index (χ3v) is 2.86. The van der Waals surface area contributed by atoms with Gasteiger partial charge in [-0.25, -0.2) is 5.43 Å². The van der Waals surface area contributed by atoms with Crippen LogP contribution in [0.4, 0.5) is 0 Å². The van der Waals surface area contributed by atoms with Crippen molar-refractivity contribution < 1.29 is 9.53 Å². The van der Waals surface area contributed by atoms with Crippen molar-refractivity contribution >= 4 is 12.1 Å². The van der Waals surface area contributed by atoms with Crippen molar-refractivity contribution in [3.63, 3.8) is 0 Å². The lowest BCUT2D eigenvalue weighted by Gasteiger charge is -2.05. The summed E-state index contributed by atoms with van der Waals surface area (Å²) in [5, 5.41) is 3.94. The summed E-state index contributed by atoms with van der Waals surface area (Å²) in [5.41, 5.74) is 3.41. The molecule has 2 aromatic rings. The first-order valence-electron chi connectivity index (χ1n) is 7.28. The molecule has 0 aromatic heterocycles. The maximum absolute atomic E-state index is 11.5. The summed E-state index contributed by atoms with van der Waals surface area (Å²) in [6.45, 7) is 3.99. The van der Waals surface area contributed by atoms with E-state index in [1.165, 1.54) is 0 Å². The summed E-state index contributed by atoms with van der Waals surface area (Å²) in [5.74, 6) is 1.80. The summed E-state index contributed by atoms with van der Waals surface area (Å²) in [7, 11) is 0. The van der Waals surface area contributed by atoms with E-state index in [0.29, 0.717) is 12.3 Å². The molecule has 1 amide bonds. The first-order valence-corrected chi connectivity index (χ1v) is 7.28. The number of para-hydroxylation sites is 1. The van der Waals surface area contributed by atoms with Crippen LogP contribution in [0.2, 0.25) is 0 Å². The number of ether oxygens (including phenoxy) is 1. The van der Waals surface area contributed by atoms with Crippen LogP contribution in [0, 0.1) is 5.92 Å². The zero-order valence-corrected chi connectivity index (χ0v) is 12.8. The average molecular weight is 296 g/mol. The molecule has 0 atom stereocenters. The van der Waals surface area contributed by atoms with Crippen molar-refractivity contribution in [2.75, 3.05) is 0 Å². The molecule has 2 aromatic carbocycles. The molecule has 0 aliphatic rings. The molecule has 0 aliphatic heterocycles. The number of hydrazone groups is 1. The second-order valence-electron chi connectivity index (χ2n) is 5.38. The Kier molecular flexibility index (Phi) is 5.72. The van der Waals surface area contributed by atoms with Gasteiger partial charge in [-0.1, -0.05) is 32.0 Å². The molecule has 0 aliphatic carbocycles. The van der Waals surface area contributed by atoms with Crippen molar-refractivity contribution in [1.29, 1.82) is 0 Å². The third kappa shape index (κ3) is 5.40. The molecule has 4 heteroatoms. The molecule has 0 bridgehead atoms. The van der Waals surface area contributed by atoms with Crippen molar-refractivity contribution in [2.45, 2.75) is 20.3 Å². The zero-order valence-electron chi connectivity index (χ0n) is 12.8. The molecule has 2 rings (SSSR count). The van der Waals surface area contributed by atoms with E-state index in [-0.39, 0.29) is 5.91 Å². The Morgan fingerprint density at radius 2 is 1.73 bits per heavy atom. The van der Waals surface area contributed by atoms with E-state index < -0.39 is 0 Å². The van der Waals surface area contributed by atoms with Gasteiger partial charge in [-0.3, -0.25) is 4.79 Å². The van der Waals surface area contributed by atoms with E-state index in [0.717, 1.165) is 17.1 Å². The van der Waals surface area contributed by atoms with Crippen LogP contribution in [-0.2, 0) is 4.79 Å². The van der Waals surface area contributed by atoms with Gasteiger partial charge in [0, 0.05) is 6.42 Å². The standard InChI is InChI=1S/C18H20N2O2/c1-14(2)12-18(21)20-19-13-15-8-10-17(11-9-15)22-16-6-4-3-5-7-16/h3-11,13-14H,12H2,1-2H3,(H,20,21)/b19-13+. The lowest BCUT2D eigenvalue weighted by Crippen LogP contribution is -2.19. The highest BCUT2D eigenvalue weighted by Crippen LogP contribution is 2.20. The number of nitrogens with zero attached hydrogens (tertiary/aromatic N) is 1. The quantitative estimate of drug-likeness (QED) is 0.647. The minimum atomic E-state index is -0.0738. The summed E-state index contributed by atoms with van der Waals surface area (Å²) in [4.78, 5) is 11.5. The SMILES string of the molecule is CC(C)CC(=O)N/N=C/c1ccc(Oc2ccccc2)cc1. The van der Waals surface area contributed by atoms with Gasteiger partial charge in [-0.05, 0) is 47.9 Å². The predicted molar refractivity (Wildman–Crippen MR) is 88.1 cm³/mol. The number of carbonyl (C=O) groups excluding carboxylic acids is 1. The van der Waals surface area contributed by atoms with Gasteiger partial charge in [0.05, 0.1) is 6.21 Å². The maximum atomic E-state index is 11.5. The molecule has 4 nitrogen and oxygen atoms in total. The van der Waals surface area contributed by atoms with E-state index in [1.54, 1.807) is 6.21 Å². The average Bonchev–Trinajstić information content (AvgIpc) is 2.49. The fourth-order valence-electron chi connectivity index (χ4n) is 1.84. The molecule has 22 heavy (non-hydrogen) atoms. The highest BCUT2D eigenvalue weighted by Gasteiger charge is 2.02. The van der Waals surface area contributed by atoms with Gasteiger partial charge in [-0.15, -0.1) is 0 Å². The topological polar surface area (TPSA) is 50.7 Å². The maximum Gasteiger partial charge on any atom is 0.240 e.